The minimum absolute atomic E-state index is 0. The lowest BCUT2D eigenvalue weighted by molar-refractivity contribution is 0.571. The van der Waals surface area contributed by atoms with E-state index in [0.717, 1.165) is 5.56 Å². The predicted molar refractivity (Wildman–Crippen MR) is 64.7 cm³/mol. The number of hydrogen-bond donors (Lipinski definition) is 1. The Hall–Kier alpha value is -1.26. The van der Waals surface area contributed by atoms with Crippen molar-refractivity contribution in [2.45, 2.75) is 6.54 Å². The molecule has 2 aromatic rings. The van der Waals surface area contributed by atoms with E-state index in [1.807, 2.05) is 0 Å². The summed E-state index contributed by atoms with van der Waals surface area (Å²) < 4.78 is 17.5. The molecule has 0 bridgehead atoms. The quantitative estimate of drug-likeness (QED) is 0.925. The molecule has 0 spiro atoms. The van der Waals surface area contributed by atoms with Crippen LogP contribution in [0.25, 0.3) is 0 Å². The molecule has 6 heteroatoms. The van der Waals surface area contributed by atoms with E-state index in [9.17, 15) is 4.39 Å². The normalized spacial score (nSPS) is 8.81. The number of benzene rings is 1. The smallest absolute Gasteiger partial charge is 0.294 e. The molecule has 0 saturated heterocycles. The van der Waals surface area contributed by atoms with Crippen LogP contribution in [0, 0.1) is 5.82 Å². The molecule has 0 radical (unpaired) electrons. The maximum atomic E-state index is 12.5. The first-order valence-corrected chi connectivity index (χ1v) is 4.22. The molecule has 0 saturated carbocycles. The molecule has 0 aliphatic heterocycles. The van der Waals surface area contributed by atoms with E-state index < -0.39 is 0 Å². The molecule has 1 N–H and O–H groups in total. The van der Waals surface area contributed by atoms with Gasteiger partial charge in [0.2, 0.25) is 0 Å². The van der Waals surface area contributed by atoms with Gasteiger partial charge < -0.3 is 9.73 Å². The summed E-state index contributed by atoms with van der Waals surface area (Å²) in [7, 11) is 0. The molecule has 88 valence electrons. The lowest BCUT2D eigenvalue weighted by atomic mass is 10.2. The Kier molecular flexibility index (Phi) is 6.53. The fourth-order valence-electron chi connectivity index (χ4n) is 1.09. The largest absolute Gasteiger partial charge is 0.432 e. The molecular weight excluding hydrogens is 254 g/mol. The molecule has 0 fully saturated rings. The van der Waals surface area contributed by atoms with Gasteiger partial charge in [0.15, 0.2) is 0 Å². The molecule has 0 amide bonds. The predicted octanol–water partition coefficient (Wildman–Crippen LogP) is 3.27. The molecule has 2 rings (SSSR count). The van der Waals surface area contributed by atoms with Crippen LogP contribution in [0.2, 0.25) is 0 Å². The van der Waals surface area contributed by atoms with Gasteiger partial charge in [-0.3, -0.25) is 0 Å². The van der Waals surface area contributed by atoms with Gasteiger partial charge in [0.05, 0.1) is 6.20 Å². The van der Waals surface area contributed by atoms with Crippen molar-refractivity contribution in [2.75, 3.05) is 5.32 Å². The minimum Gasteiger partial charge on any atom is -0.432 e. The monoisotopic (exact) mass is 264 g/mol. The van der Waals surface area contributed by atoms with Crippen LogP contribution in [0.15, 0.2) is 41.1 Å². The second kappa shape index (κ2) is 7.09. The number of rotatable bonds is 3. The number of anilines is 1. The Morgan fingerprint density at radius 1 is 1.19 bits per heavy atom. The van der Waals surface area contributed by atoms with Crippen LogP contribution >= 0.6 is 24.8 Å². The van der Waals surface area contributed by atoms with Crippen molar-refractivity contribution in [3.05, 3.63) is 48.1 Å². The average Bonchev–Trinajstić information content (AvgIpc) is 2.70. The van der Waals surface area contributed by atoms with Gasteiger partial charge in [0.25, 0.3) is 6.01 Å². The van der Waals surface area contributed by atoms with Crippen LogP contribution in [0.5, 0.6) is 0 Å². The van der Waals surface area contributed by atoms with E-state index in [4.69, 9.17) is 4.42 Å². The summed E-state index contributed by atoms with van der Waals surface area (Å²) in [4.78, 5) is 3.90. The number of hydrogen-bond acceptors (Lipinski definition) is 3. The Balaban J connectivity index is 0.00000112. The van der Waals surface area contributed by atoms with E-state index in [2.05, 4.69) is 10.3 Å². The van der Waals surface area contributed by atoms with E-state index in [1.54, 1.807) is 18.3 Å². The Labute approximate surface area is 105 Å². The van der Waals surface area contributed by atoms with Gasteiger partial charge in [-0.05, 0) is 17.7 Å². The zero-order valence-corrected chi connectivity index (χ0v) is 9.85. The van der Waals surface area contributed by atoms with E-state index in [0.29, 0.717) is 12.6 Å². The molecule has 0 atom stereocenters. The summed E-state index contributed by atoms with van der Waals surface area (Å²) in [6, 6.07) is 6.74. The molecule has 3 nitrogen and oxygen atoms in total. The molecule has 0 aliphatic rings. The molecule has 1 aromatic carbocycles. The molecule has 16 heavy (non-hydrogen) atoms. The highest BCUT2D eigenvalue weighted by molar-refractivity contribution is 5.85. The highest BCUT2D eigenvalue weighted by Gasteiger charge is 1.96. The first-order valence-electron chi connectivity index (χ1n) is 4.22. The van der Waals surface area contributed by atoms with Gasteiger partial charge in [-0.1, -0.05) is 12.1 Å². The highest BCUT2D eigenvalue weighted by Crippen LogP contribution is 2.06. The SMILES string of the molecule is Cl.Cl.Fc1ccc(CNc2ncco2)cc1. The summed E-state index contributed by atoms with van der Waals surface area (Å²) in [5.74, 6) is -0.232. The maximum absolute atomic E-state index is 12.5. The Morgan fingerprint density at radius 3 is 2.44 bits per heavy atom. The Bertz CT molecular complexity index is 392. The van der Waals surface area contributed by atoms with Crippen molar-refractivity contribution in [3.63, 3.8) is 0 Å². The molecular formula is C10H11Cl2FN2O. The van der Waals surface area contributed by atoms with Crippen molar-refractivity contribution < 1.29 is 8.81 Å². The van der Waals surface area contributed by atoms with Crippen molar-refractivity contribution in [1.29, 1.82) is 0 Å². The number of oxazole rings is 1. The van der Waals surface area contributed by atoms with Gasteiger partial charge in [0, 0.05) is 6.54 Å². The van der Waals surface area contributed by atoms with Crippen molar-refractivity contribution in [1.82, 2.24) is 4.98 Å². The summed E-state index contributed by atoms with van der Waals surface area (Å²) >= 11 is 0. The third kappa shape index (κ3) is 4.08. The lowest BCUT2D eigenvalue weighted by Gasteiger charge is -2.01. The number of aromatic nitrogens is 1. The number of nitrogens with one attached hydrogen (secondary N) is 1. The second-order valence-corrected chi connectivity index (χ2v) is 2.82. The van der Waals surface area contributed by atoms with Gasteiger partial charge in [-0.2, -0.15) is 0 Å². The average molecular weight is 265 g/mol. The van der Waals surface area contributed by atoms with Crippen LogP contribution in [0.3, 0.4) is 0 Å². The molecule has 0 aliphatic carbocycles. The van der Waals surface area contributed by atoms with Gasteiger partial charge in [0.1, 0.15) is 12.1 Å². The number of nitrogens with zero attached hydrogens (tertiary/aromatic N) is 1. The maximum Gasteiger partial charge on any atom is 0.294 e. The van der Waals surface area contributed by atoms with Crippen molar-refractivity contribution >= 4 is 30.8 Å². The van der Waals surface area contributed by atoms with Crippen LogP contribution in [-0.2, 0) is 6.54 Å². The highest BCUT2D eigenvalue weighted by atomic mass is 35.5. The standard InChI is InChI=1S/C10H9FN2O.2ClH/c11-9-3-1-8(2-4-9)7-13-10-12-5-6-14-10;;/h1-6H,7H2,(H,12,13);2*1H. The summed E-state index contributed by atoms with van der Waals surface area (Å²) in [5.41, 5.74) is 0.976. The summed E-state index contributed by atoms with van der Waals surface area (Å²) in [6.45, 7) is 0.570. The van der Waals surface area contributed by atoms with Crippen LogP contribution < -0.4 is 5.32 Å². The Morgan fingerprint density at radius 2 is 1.88 bits per heavy atom. The van der Waals surface area contributed by atoms with Gasteiger partial charge in [-0.15, -0.1) is 24.8 Å². The molecule has 1 heterocycles. The van der Waals surface area contributed by atoms with Crippen LogP contribution in [0.4, 0.5) is 10.4 Å². The van der Waals surface area contributed by atoms with E-state index in [-0.39, 0.29) is 30.6 Å². The number of halogens is 3. The molecule has 1 aromatic heterocycles. The fraction of sp³-hybridized carbons (Fsp3) is 0.100. The topological polar surface area (TPSA) is 38.1 Å². The third-order valence-electron chi connectivity index (χ3n) is 1.79. The summed E-state index contributed by atoms with van der Waals surface area (Å²) in [6.07, 6.45) is 3.06. The second-order valence-electron chi connectivity index (χ2n) is 2.82. The summed E-state index contributed by atoms with van der Waals surface area (Å²) in [5, 5.41) is 2.96. The van der Waals surface area contributed by atoms with Gasteiger partial charge >= 0.3 is 0 Å². The van der Waals surface area contributed by atoms with E-state index in [1.165, 1.54) is 18.4 Å². The van der Waals surface area contributed by atoms with Crippen LogP contribution in [-0.4, -0.2) is 4.98 Å². The third-order valence-corrected chi connectivity index (χ3v) is 1.79. The zero-order chi connectivity index (χ0) is 9.80. The first-order chi connectivity index (χ1) is 6.84. The van der Waals surface area contributed by atoms with Crippen LogP contribution in [0.1, 0.15) is 5.56 Å². The van der Waals surface area contributed by atoms with Crippen molar-refractivity contribution in [2.24, 2.45) is 0 Å². The first kappa shape index (κ1) is 14.7. The van der Waals surface area contributed by atoms with Gasteiger partial charge in [-0.25, -0.2) is 9.37 Å². The molecule has 0 unspecified atom stereocenters. The lowest BCUT2D eigenvalue weighted by Crippen LogP contribution is -1.99. The van der Waals surface area contributed by atoms with E-state index >= 15 is 0 Å². The van der Waals surface area contributed by atoms with Crippen molar-refractivity contribution in [3.8, 4) is 0 Å². The minimum atomic E-state index is -0.232. The zero-order valence-electron chi connectivity index (χ0n) is 8.22. The fourth-order valence-corrected chi connectivity index (χ4v) is 1.09.